The number of aliphatic hydroxyl groups is 1. The standard InChI is InChI=1S/C17H28N2O2/c1-12-14(7-10-18-12)15(20)19-11-17(21)8-5-13(6-9-17)16(2,3)4/h7,10,13,18,21H,5-6,8-9,11H2,1-4H3,(H,19,20). The number of carbonyl (C=O) groups excluding carboxylic acids is 1. The van der Waals surface area contributed by atoms with Gasteiger partial charge in [0.15, 0.2) is 0 Å². The van der Waals surface area contributed by atoms with E-state index in [2.05, 4.69) is 31.1 Å². The largest absolute Gasteiger partial charge is 0.388 e. The Morgan fingerprint density at radius 1 is 1.43 bits per heavy atom. The molecule has 3 N–H and O–H groups in total. The summed E-state index contributed by atoms with van der Waals surface area (Å²) < 4.78 is 0. The van der Waals surface area contributed by atoms with Gasteiger partial charge in [-0.2, -0.15) is 0 Å². The van der Waals surface area contributed by atoms with Crippen molar-refractivity contribution >= 4 is 5.91 Å². The van der Waals surface area contributed by atoms with Crippen molar-refractivity contribution in [3.05, 3.63) is 23.5 Å². The number of carbonyl (C=O) groups is 1. The molecule has 0 aliphatic heterocycles. The molecule has 4 nitrogen and oxygen atoms in total. The molecule has 0 radical (unpaired) electrons. The lowest BCUT2D eigenvalue weighted by Gasteiger charge is -2.41. The minimum Gasteiger partial charge on any atom is -0.388 e. The van der Waals surface area contributed by atoms with Crippen LogP contribution in [0.15, 0.2) is 12.3 Å². The molecule has 1 fully saturated rings. The summed E-state index contributed by atoms with van der Waals surface area (Å²) in [6.07, 6.45) is 5.34. The van der Waals surface area contributed by atoms with Crippen LogP contribution in [0.1, 0.15) is 62.5 Å². The second-order valence-electron chi connectivity index (χ2n) is 7.56. The van der Waals surface area contributed by atoms with Gasteiger partial charge in [0.1, 0.15) is 0 Å². The molecule has 1 amide bonds. The Morgan fingerprint density at radius 2 is 2.05 bits per heavy atom. The van der Waals surface area contributed by atoms with E-state index in [1.807, 2.05) is 6.92 Å². The molecule has 118 valence electrons. The van der Waals surface area contributed by atoms with Crippen LogP contribution in [0.3, 0.4) is 0 Å². The molecule has 0 bridgehead atoms. The summed E-state index contributed by atoms with van der Waals surface area (Å²) in [6, 6.07) is 1.77. The van der Waals surface area contributed by atoms with Gasteiger partial charge >= 0.3 is 0 Å². The summed E-state index contributed by atoms with van der Waals surface area (Å²) in [7, 11) is 0. The van der Waals surface area contributed by atoms with E-state index >= 15 is 0 Å². The summed E-state index contributed by atoms with van der Waals surface area (Å²) in [5.74, 6) is 0.542. The van der Waals surface area contributed by atoms with Crippen molar-refractivity contribution in [2.45, 2.75) is 59.0 Å². The molecule has 4 heteroatoms. The van der Waals surface area contributed by atoms with Crippen molar-refractivity contribution in [1.29, 1.82) is 0 Å². The monoisotopic (exact) mass is 292 g/mol. The molecule has 2 rings (SSSR count). The first-order valence-corrected chi connectivity index (χ1v) is 7.86. The fourth-order valence-corrected chi connectivity index (χ4v) is 3.24. The number of hydrogen-bond acceptors (Lipinski definition) is 2. The Morgan fingerprint density at radius 3 is 2.52 bits per heavy atom. The predicted molar refractivity (Wildman–Crippen MR) is 84.2 cm³/mol. The summed E-state index contributed by atoms with van der Waals surface area (Å²) >= 11 is 0. The smallest absolute Gasteiger partial charge is 0.253 e. The van der Waals surface area contributed by atoms with E-state index < -0.39 is 5.60 Å². The number of amides is 1. The van der Waals surface area contributed by atoms with Gasteiger partial charge in [-0.05, 0) is 50.0 Å². The van der Waals surface area contributed by atoms with E-state index in [4.69, 9.17) is 0 Å². The first-order chi connectivity index (χ1) is 9.71. The molecule has 0 spiro atoms. The van der Waals surface area contributed by atoms with Crippen LogP contribution in [-0.4, -0.2) is 28.1 Å². The molecule has 1 aliphatic carbocycles. The molecule has 1 aromatic rings. The zero-order valence-corrected chi connectivity index (χ0v) is 13.6. The zero-order chi connectivity index (χ0) is 15.7. The van der Waals surface area contributed by atoms with Crippen molar-refractivity contribution < 1.29 is 9.90 Å². The SMILES string of the molecule is Cc1[nH]ccc1C(=O)NCC1(O)CCC(C(C)(C)C)CC1. The van der Waals surface area contributed by atoms with E-state index in [1.165, 1.54) is 0 Å². The van der Waals surface area contributed by atoms with Gasteiger partial charge in [-0.3, -0.25) is 4.79 Å². The molecule has 1 aliphatic rings. The maximum Gasteiger partial charge on any atom is 0.253 e. The summed E-state index contributed by atoms with van der Waals surface area (Å²) in [5, 5.41) is 13.5. The topological polar surface area (TPSA) is 65.1 Å². The fourth-order valence-electron chi connectivity index (χ4n) is 3.24. The highest BCUT2D eigenvalue weighted by atomic mass is 16.3. The van der Waals surface area contributed by atoms with Gasteiger partial charge in [0.2, 0.25) is 0 Å². The average Bonchev–Trinajstić information content (AvgIpc) is 2.82. The lowest BCUT2D eigenvalue weighted by Crippen LogP contribution is -2.46. The highest BCUT2D eigenvalue weighted by Crippen LogP contribution is 2.41. The maximum absolute atomic E-state index is 12.1. The van der Waals surface area contributed by atoms with Crippen LogP contribution in [0.25, 0.3) is 0 Å². The molecule has 0 saturated heterocycles. The van der Waals surface area contributed by atoms with E-state index in [-0.39, 0.29) is 5.91 Å². The second kappa shape index (κ2) is 5.84. The summed E-state index contributed by atoms with van der Waals surface area (Å²) in [6.45, 7) is 9.00. The van der Waals surface area contributed by atoms with E-state index in [0.717, 1.165) is 31.4 Å². The first kappa shape index (κ1) is 16.1. The normalized spacial score (nSPS) is 26.6. The first-order valence-electron chi connectivity index (χ1n) is 7.86. The van der Waals surface area contributed by atoms with Gasteiger partial charge in [-0.1, -0.05) is 20.8 Å². The number of rotatable bonds is 3. The van der Waals surface area contributed by atoms with E-state index in [9.17, 15) is 9.90 Å². The number of hydrogen-bond donors (Lipinski definition) is 3. The van der Waals surface area contributed by atoms with Crippen LogP contribution in [0.4, 0.5) is 0 Å². The molecule has 1 aromatic heterocycles. The molecule has 0 aromatic carbocycles. The van der Waals surface area contributed by atoms with Crippen molar-refractivity contribution in [2.24, 2.45) is 11.3 Å². The van der Waals surface area contributed by atoms with Gasteiger partial charge in [-0.25, -0.2) is 0 Å². The van der Waals surface area contributed by atoms with Crippen LogP contribution in [0.5, 0.6) is 0 Å². The van der Waals surface area contributed by atoms with Crippen molar-refractivity contribution in [1.82, 2.24) is 10.3 Å². The number of aryl methyl sites for hydroxylation is 1. The third-order valence-corrected chi connectivity index (χ3v) is 4.92. The Kier molecular flexibility index (Phi) is 4.47. The highest BCUT2D eigenvalue weighted by molar-refractivity contribution is 5.95. The van der Waals surface area contributed by atoms with E-state index in [0.29, 0.717) is 23.4 Å². The third-order valence-electron chi connectivity index (χ3n) is 4.92. The molecule has 1 saturated carbocycles. The Hall–Kier alpha value is -1.29. The van der Waals surface area contributed by atoms with Crippen LogP contribution in [-0.2, 0) is 0 Å². The Labute approximate surface area is 127 Å². The van der Waals surface area contributed by atoms with Gasteiger partial charge in [0, 0.05) is 18.4 Å². The highest BCUT2D eigenvalue weighted by Gasteiger charge is 2.37. The molecular weight excluding hydrogens is 264 g/mol. The molecule has 0 unspecified atom stereocenters. The van der Waals surface area contributed by atoms with Gasteiger partial charge in [0.25, 0.3) is 5.91 Å². The van der Waals surface area contributed by atoms with E-state index in [1.54, 1.807) is 12.3 Å². The second-order valence-corrected chi connectivity index (χ2v) is 7.56. The Balaban J connectivity index is 1.87. The predicted octanol–water partition coefficient (Wildman–Crippen LogP) is 3.02. The third kappa shape index (κ3) is 3.88. The van der Waals surface area contributed by atoms with Crippen LogP contribution < -0.4 is 5.32 Å². The lowest BCUT2D eigenvalue weighted by atomic mass is 9.68. The van der Waals surface area contributed by atoms with Crippen LogP contribution in [0.2, 0.25) is 0 Å². The maximum atomic E-state index is 12.1. The van der Waals surface area contributed by atoms with Crippen molar-refractivity contribution in [3.63, 3.8) is 0 Å². The minimum atomic E-state index is -0.748. The minimum absolute atomic E-state index is 0.111. The Bertz CT molecular complexity index is 491. The van der Waals surface area contributed by atoms with Crippen LogP contribution >= 0.6 is 0 Å². The van der Waals surface area contributed by atoms with Gasteiger partial charge in [-0.15, -0.1) is 0 Å². The number of H-pyrrole nitrogens is 1. The average molecular weight is 292 g/mol. The molecule has 1 heterocycles. The van der Waals surface area contributed by atoms with Crippen LogP contribution in [0, 0.1) is 18.3 Å². The van der Waals surface area contributed by atoms with Crippen molar-refractivity contribution in [3.8, 4) is 0 Å². The number of nitrogens with one attached hydrogen (secondary N) is 2. The van der Waals surface area contributed by atoms with Gasteiger partial charge < -0.3 is 15.4 Å². The summed E-state index contributed by atoms with van der Waals surface area (Å²) in [5.41, 5.74) is 1.06. The lowest BCUT2D eigenvalue weighted by molar-refractivity contribution is -0.0228. The quantitative estimate of drug-likeness (QED) is 0.801. The van der Waals surface area contributed by atoms with Crippen molar-refractivity contribution in [2.75, 3.05) is 6.54 Å². The molecule has 21 heavy (non-hydrogen) atoms. The van der Waals surface area contributed by atoms with Gasteiger partial charge in [0.05, 0.1) is 11.2 Å². The summed E-state index contributed by atoms with van der Waals surface area (Å²) in [4.78, 5) is 15.1. The zero-order valence-electron chi connectivity index (χ0n) is 13.6. The molecular formula is C17H28N2O2. The number of aromatic nitrogens is 1. The number of aromatic amines is 1. The molecule has 0 atom stereocenters. The fraction of sp³-hybridized carbons (Fsp3) is 0.706.